The highest BCUT2D eigenvalue weighted by atomic mass is 32.2. The first-order valence-electron chi connectivity index (χ1n) is 8.43. The second kappa shape index (κ2) is 6.03. The highest BCUT2D eigenvalue weighted by Crippen LogP contribution is 2.40. The molecule has 0 bridgehead atoms. The molecule has 2 aromatic rings. The molecule has 0 N–H and O–H groups in total. The fraction of sp³-hybridized carbons (Fsp3) is 0.471. The summed E-state index contributed by atoms with van der Waals surface area (Å²) < 4.78 is 32.8. The summed E-state index contributed by atoms with van der Waals surface area (Å²) in [5, 5.41) is 4.00. The van der Waals surface area contributed by atoms with E-state index in [0.717, 1.165) is 19.3 Å². The van der Waals surface area contributed by atoms with Crippen molar-refractivity contribution >= 4 is 15.8 Å². The maximum atomic E-state index is 13.0. The van der Waals surface area contributed by atoms with Crippen LogP contribution >= 0.6 is 0 Å². The zero-order chi connectivity index (χ0) is 17.6. The highest BCUT2D eigenvalue weighted by molar-refractivity contribution is 7.89. The van der Waals surface area contributed by atoms with E-state index < -0.39 is 16.1 Å². The number of aromatic nitrogens is 2. The first-order valence-corrected chi connectivity index (χ1v) is 9.87. The van der Waals surface area contributed by atoms with E-state index in [2.05, 4.69) is 10.1 Å². The minimum Gasteiger partial charge on any atom is -0.338 e. The van der Waals surface area contributed by atoms with Crippen LogP contribution in [0.5, 0.6) is 0 Å². The minimum atomic E-state index is -3.68. The third kappa shape index (κ3) is 3.00. The number of ketones is 1. The lowest BCUT2D eigenvalue weighted by molar-refractivity contribution is 0.101. The Bertz CT molecular complexity index is 900. The third-order valence-electron chi connectivity index (χ3n) is 4.76. The summed E-state index contributed by atoms with van der Waals surface area (Å²) in [6.07, 6.45) is 3.54. The van der Waals surface area contributed by atoms with Gasteiger partial charge in [0.15, 0.2) is 11.6 Å². The molecule has 2 fully saturated rings. The second-order valence-electron chi connectivity index (χ2n) is 6.62. The van der Waals surface area contributed by atoms with E-state index in [1.165, 1.54) is 35.5 Å². The van der Waals surface area contributed by atoms with Gasteiger partial charge in [0.2, 0.25) is 15.9 Å². The van der Waals surface area contributed by atoms with Crippen molar-refractivity contribution in [3.63, 3.8) is 0 Å². The Kier molecular flexibility index (Phi) is 3.96. The molecule has 25 heavy (non-hydrogen) atoms. The number of Topliss-reactive ketones (excluding diaryl/α,β-unsaturated/α-hetero) is 1. The van der Waals surface area contributed by atoms with Crippen molar-refractivity contribution in [3.8, 4) is 0 Å². The van der Waals surface area contributed by atoms with Gasteiger partial charge in [0, 0.05) is 18.0 Å². The van der Waals surface area contributed by atoms with Crippen molar-refractivity contribution in [3.05, 3.63) is 41.5 Å². The first kappa shape index (κ1) is 16.4. The summed E-state index contributed by atoms with van der Waals surface area (Å²) in [5.41, 5.74) is 0.489. The smallest absolute Gasteiger partial charge is 0.245 e. The van der Waals surface area contributed by atoms with Gasteiger partial charge in [-0.1, -0.05) is 17.3 Å². The number of carbonyl (C=O) groups is 1. The Hall–Kier alpha value is -2.06. The molecule has 1 aromatic heterocycles. The molecule has 8 heteroatoms. The van der Waals surface area contributed by atoms with E-state index >= 15 is 0 Å². The number of hydrogen-bond acceptors (Lipinski definition) is 6. The SMILES string of the molecule is CC(=O)c1ccc(S(=O)(=O)N2CCCC2c2nc(C3CC3)no2)cc1. The summed E-state index contributed by atoms with van der Waals surface area (Å²) in [7, 11) is -3.68. The Morgan fingerprint density at radius 2 is 1.92 bits per heavy atom. The molecule has 0 amide bonds. The number of sulfonamides is 1. The molecular weight excluding hydrogens is 342 g/mol. The fourth-order valence-corrected chi connectivity index (χ4v) is 4.81. The molecule has 2 heterocycles. The van der Waals surface area contributed by atoms with Crippen LogP contribution < -0.4 is 0 Å². The van der Waals surface area contributed by atoms with Crippen LogP contribution in [0.3, 0.4) is 0 Å². The first-order chi connectivity index (χ1) is 12.0. The Balaban J connectivity index is 1.62. The van der Waals surface area contributed by atoms with Crippen LogP contribution in [0.15, 0.2) is 33.7 Å². The molecule has 7 nitrogen and oxygen atoms in total. The normalized spacial score (nSPS) is 21.6. The molecule has 0 spiro atoms. The molecule has 1 unspecified atom stereocenters. The topological polar surface area (TPSA) is 93.4 Å². The molecule has 1 aliphatic carbocycles. The third-order valence-corrected chi connectivity index (χ3v) is 6.68. The van der Waals surface area contributed by atoms with Gasteiger partial charge in [-0.15, -0.1) is 0 Å². The molecule has 132 valence electrons. The van der Waals surface area contributed by atoms with Crippen LogP contribution in [0, 0.1) is 0 Å². The molecule has 1 aromatic carbocycles. The fourth-order valence-electron chi connectivity index (χ4n) is 3.16. The quantitative estimate of drug-likeness (QED) is 0.760. The standard InChI is InChI=1S/C17H19N3O4S/c1-11(21)12-6-8-14(9-7-12)25(22,23)20-10-2-3-15(20)17-18-16(19-24-17)13-4-5-13/h6-9,13,15H,2-5,10H2,1H3. The molecule has 0 radical (unpaired) electrons. The lowest BCUT2D eigenvalue weighted by Gasteiger charge is -2.21. The zero-order valence-electron chi connectivity index (χ0n) is 13.9. The summed E-state index contributed by atoms with van der Waals surface area (Å²) in [5.74, 6) is 1.33. The molecule has 1 saturated heterocycles. The predicted octanol–water partition coefficient (Wildman–Crippen LogP) is 2.68. The summed E-state index contributed by atoms with van der Waals surface area (Å²) >= 11 is 0. The molecule has 1 atom stereocenters. The van der Waals surface area contributed by atoms with Gasteiger partial charge in [-0.25, -0.2) is 8.42 Å². The van der Waals surface area contributed by atoms with Crippen molar-refractivity contribution in [1.29, 1.82) is 0 Å². The molecular formula is C17H19N3O4S. The van der Waals surface area contributed by atoms with Gasteiger partial charge >= 0.3 is 0 Å². The highest BCUT2D eigenvalue weighted by Gasteiger charge is 2.40. The van der Waals surface area contributed by atoms with Crippen LogP contribution in [0.4, 0.5) is 0 Å². The van der Waals surface area contributed by atoms with Crippen molar-refractivity contribution < 1.29 is 17.7 Å². The van der Waals surface area contributed by atoms with Gasteiger partial charge in [0.25, 0.3) is 0 Å². The van der Waals surface area contributed by atoms with Crippen LogP contribution in [0.25, 0.3) is 0 Å². The maximum Gasteiger partial charge on any atom is 0.245 e. The summed E-state index contributed by atoms with van der Waals surface area (Å²) in [6.45, 7) is 1.87. The number of rotatable bonds is 5. The maximum absolute atomic E-state index is 13.0. The van der Waals surface area contributed by atoms with Gasteiger partial charge in [-0.2, -0.15) is 9.29 Å². The van der Waals surface area contributed by atoms with Crippen molar-refractivity contribution in [1.82, 2.24) is 14.4 Å². The van der Waals surface area contributed by atoms with E-state index in [1.54, 1.807) is 0 Å². The van der Waals surface area contributed by atoms with E-state index in [9.17, 15) is 13.2 Å². The molecule has 2 aliphatic rings. The van der Waals surface area contributed by atoms with Crippen LogP contribution in [-0.4, -0.2) is 35.2 Å². The van der Waals surface area contributed by atoms with Crippen LogP contribution in [-0.2, 0) is 10.0 Å². The average molecular weight is 361 g/mol. The Morgan fingerprint density at radius 3 is 2.56 bits per heavy atom. The second-order valence-corrected chi connectivity index (χ2v) is 8.51. The van der Waals surface area contributed by atoms with Gasteiger partial charge < -0.3 is 4.52 Å². The molecule has 4 rings (SSSR count). The Morgan fingerprint density at radius 1 is 1.20 bits per heavy atom. The lowest BCUT2D eigenvalue weighted by atomic mass is 10.2. The zero-order valence-corrected chi connectivity index (χ0v) is 14.7. The van der Waals surface area contributed by atoms with Crippen LogP contribution in [0.2, 0.25) is 0 Å². The molecule has 1 aliphatic heterocycles. The Labute approximate surface area is 146 Å². The van der Waals surface area contributed by atoms with E-state index in [-0.39, 0.29) is 10.7 Å². The predicted molar refractivity (Wildman–Crippen MR) is 88.6 cm³/mol. The van der Waals surface area contributed by atoms with Gasteiger partial charge in [-0.05, 0) is 44.7 Å². The number of carbonyl (C=O) groups excluding carboxylic acids is 1. The summed E-state index contributed by atoms with van der Waals surface area (Å²) in [6, 6.07) is 5.61. The van der Waals surface area contributed by atoms with Gasteiger partial charge in [0.05, 0.1) is 4.90 Å². The van der Waals surface area contributed by atoms with Gasteiger partial charge in [-0.3, -0.25) is 4.79 Å². The number of nitrogens with zero attached hydrogens (tertiary/aromatic N) is 3. The number of hydrogen-bond donors (Lipinski definition) is 0. The monoisotopic (exact) mass is 361 g/mol. The average Bonchev–Trinajstić information content (AvgIpc) is 3.12. The minimum absolute atomic E-state index is 0.0959. The largest absolute Gasteiger partial charge is 0.338 e. The van der Waals surface area contributed by atoms with Crippen LogP contribution in [0.1, 0.15) is 66.6 Å². The van der Waals surface area contributed by atoms with Crippen molar-refractivity contribution in [2.75, 3.05) is 6.54 Å². The van der Waals surface area contributed by atoms with Crippen molar-refractivity contribution in [2.45, 2.75) is 49.5 Å². The van der Waals surface area contributed by atoms with E-state index in [0.29, 0.717) is 36.2 Å². The summed E-state index contributed by atoms with van der Waals surface area (Å²) in [4.78, 5) is 16.0. The van der Waals surface area contributed by atoms with E-state index in [1.807, 2.05) is 0 Å². The molecule has 1 saturated carbocycles. The van der Waals surface area contributed by atoms with Gasteiger partial charge in [0.1, 0.15) is 6.04 Å². The lowest BCUT2D eigenvalue weighted by Crippen LogP contribution is -2.30. The number of benzene rings is 1. The van der Waals surface area contributed by atoms with Crippen molar-refractivity contribution in [2.24, 2.45) is 0 Å². The van der Waals surface area contributed by atoms with E-state index in [4.69, 9.17) is 4.52 Å².